The first kappa shape index (κ1) is 35.0. The summed E-state index contributed by atoms with van der Waals surface area (Å²) < 4.78 is 0. The number of hydrogen-bond donors (Lipinski definition) is 0. The van der Waals surface area contributed by atoms with Gasteiger partial charge in [-0.15, -0.1) is 0 Å². The predicted molar refractivity (Wildman–Crippen MR) is 256 cm³/mol. The molecular weight excluding hydrogens is 721 g/mol. The van der Waals surface area contributed by atoms with Gasteiger partial charge in [-0.2, -0.15) is 0 Å². The van der Waals surface area contributed by atoms with Crippen LogP contribution in [0.1, 0.15) is 49.9 Å². The van der Waals surface area contributed by atoms with Crippen LogP contribution in [0.4, 0.5) is 0 Å². The van der Waals surface area contributed by atoms with Gasteiger partial charge in [0.25, 0.3) is 0 Å². The van der Waals surface area contributed by atoms with Gasteiger partial charge >= 0.3 is 0 Å². The van der Waals surface area contributed by atoms with Crippen molar-refractivity contribution in [1.82, 2.24) is 0 Å². The molecule has 0 heteroatoms. The lowest BCUT2D eigenvalue weighted by atomic mass is 9.81. The average Bonchev–Trinajstić information content (AvgIpc) is 3.66. The van der Waals surface area contributed by atoms with Crippen molar-refractivity contribution in [3.8, 4) is 66.8 Å². The summed E-state index contributed by atoms with van der Waals surface area (Å²) >= 11 is 0. The maximum absolute atomic E-state index is 2.46. The Labute approximate surface area is 352 Å². The molecule has 0 aromatic heterocycles. The Morgan fingerprint density at radius 3 is 1.30 bits per heavy atom. The van der Waals surface area contributed by atoms with Gasteiger partial charge in [-0.1, -0.05) is 198 Å². The summed E-state index contributed by atoms with van der Waals surface area (Å²) in [6.45, 7) is 9.46. The van der Waals surface area contributed by atoms with Crippen molar-refractivity contribution < 1.29 is 0 Å². The summed E-state index contributed by atoms with van der Waals surface area (Å²) in [6, 6.07) is 73.2. The van der Waals surface area contributed by atoms with Crippen molar-refractivity contribution >= 4 is 32.3 Å². The van der Waals surface area contributed by atoms with E-state index in [0.29, 0.717) is 0 Å². The molecule has 284 valence electrons. The molecule has 0 radical (unpaired) electrons. The molecule has 0 amide bonds. The molecular formula is C60H44. The van der Waals surface area contributed by atoms with E-state index in [1.807, 2.05) is 0 Å². The number of benzene rings is 10. The standard InChI is InChI=1S/C60H44/c1-59(2)53-19-11-9-15-45(53)47-30-27-42(35-55(47)59)38-21-24-39(25-22-38)57-49-17-7-8-18-50(49)58(44-26-23-37-13-5-6-14-40(37)33-44)51-32-29-41(34-52(51)57)43-28-31-48-46-16-10-12-20-54(46)60(3,4)56(48)36-43/h5-36H,1-4H3. The lowest BCUT2D eigenvalue weighted by molar-refractivity contribution is 0.660. The van der Waals surface area contributed by atoms with Crippen LogP contribution in [0, 0.1) is 0 Å². The van der Waals surface area contributed by atoms with E-state index in [4.69, 9.17) is 0 Å². The van der Waals surface area contributed by atoms with Crippen LogP contribution in [0.15, 0.2) is 194 Å². The van der Waals surface area contributed by atoms with E-state index in [9.17, 15) is 0 Å². The zero-order chi connectivity index (χ0) is 40.3. The van der Waals surface area contributed by atoms with Crippen molar-refractivity contribution in [2.24, 2.45) is 0 Å². The maximum atomic E-state index is 2.46. The van der Waals surface area contributed by atoms with Crippen molar-refractivity contribution in [3.63, 3.8) is 0 Å². The van der Waals surface area contributed by atoms with Gasteiger partial charge < -0.3 is 0 Å². The topological polar surface area (TPSA) is 0 Å². The van der Waals surface area contributed by atoms with Crippen LogP contribution < -0.4 is 0 Å². The molecule has 0 bridgehead atoms. The Kier molecular flexibility index (Phi) is 7.42. The first-order chi connectivity index (χ1) is 29.3. The highest BCUT2D eigenvalue weighted by atomic mass is 14.4. The third-order valence-electron chi connectivity index (χ3n) is 14.1. The zero-order valence-corrected chi connectivity index (χ0v) is 34.5. The average molecular weight is 765 g/mol. The maximum Gasteiger partial charge on any atom is 0.0159 e. The fourth-order valence-electron chi connectivity index (χ4n) is 10.9. The Morgan fingerprint density at radius 1 is 0.250 bits per heavy atom. The van der Waals surface area contributed by atoms with Crippen LogP contribution in [0.5, 0.6) is 0 Å². The largest absolute Gasteiger partial charge is 0.0619 e. The quantitative estimate of drug-likeness (QED) is 0.157. The minimum Gasteiger partial charge on any atom is -0.0619 e. The second kappa shape index (κ2) is 12.7. The minimum absolute atomic E-state index is 0.0389. The first-order valence-electron chi connectivity index (χ1n) is 21.3. The van der Waals surface area contributed by atoms with E-state index in [1.165, 1.54) is 121 Å². The van der Waals surface area contributed by atoms with Gasteiger partial charge in [-0.25, -0.2) is 0 Å². The van der Waals surface area contributed by atoms with Gasteiger partial charge in [0.15, 0.2) is 0 Å². The molecule has 0 N–H and O–H groups in total. The van der Waals surface area contributed by atoms with E-state index in [2.05, 4.69) is 222 Å². The molecule has 2 aliphatic rings. The lowest BCUT2D eigenvalue weighted by Crippen LogP contribution is -2.14. The third kappa shape index (κ3) is 5.04. The Morgan fingerprint density at radius 2 is 0.667 bits per heavy atom. The molecule has 12 rings (SSSR count). The van der Waals surface area contributed by atoms with Crippen molar-refractivity contribution in [1.29, 1.82) is 0 Å². The van der Waals surface area contributed by atoms with Crippen LogP contribution in [0.3, 0.4) is 0 Å². The van der Waals surface area contributed by atoms with Gasteiger partial charge in [-0.3, -0.25) is 0 Å². The molecule has 10 aromatic rings. The van der Waals surface area contributed by atoms with Gasteiger partial charge in [0, 0.05) is 10.8 Å². The van der Waals surface area contributed by atoms with Crippen LogP contribution in [0.2, 0.25) is 0 Å². The SMILES string of the molecule is CC1(C)c2ccccc2-c2ccc(-c3ccc(-c4c5ccccc5c(-c5ccc6ccccc6c5)c5ccc(-c6ccc7c(c6)C(C)(C)c6ccccc6-7)cc45)cc3)cc21. The van der Waals surface area contributed by atoms with Crippen molar-refractivity contribution in [2.75, 3.05) is 0 Å². The van der Waals surface area contributed by atoms with Crippen LogP contribution >= 0.6 is 0 Å². The summed E-state index contributed by atoms with van der Waals surface area (Å²) in [5, 5.41) is 7.57. The van der Waals surface area contributed by atoms with E-state index >= 15 is 0 Å². The Hall–Kier alpha value is -7.02. The number of rotatable bonds is 4. The molecule has 60 heavy (non-hydrogen) atoms. The van der Waals surface area contributed by atoms with E-state index in [-0.39, 0.29) is 10.8 Å². The third-order valence-corrected chi connectivity index (χ3v) is 14.1. The van der Waals surface area contributed by atoms with Crippen molar-refractivity contribution in [3.05, 3.63) is 216 Å². The summed E-state index contributed by atoms with van der Waals surface area (Å²) in [5.74, 6) is 0. The van der Waals surface area contributed by atoms with Crippen LogP contribution in [0.25, 0.3) is 99.1 Å². The second-order valence-corrected chi connectivity index (χ2v) is 18.1. The van der Waals surface area contributed by atoms with E-state index in [0.717, 1.165) is 0 Å². The molecule has 0 nitrogen and oxygen atoms in total. The Balaban J connectivity index is 1.05. The minimum atomic E-state index is -0.0658. The molecule has 10 aromatic carbocycles. The van der Waals surface area contributed by atoms with E-state index < -0.39 is 0 Å². The monoisotopic (exact) mass is 764 g/mol. The fourth-order valence-corrected chi connectivity index (χ4v) is 10.9. The molecule has 0 saturated heterocycles. The summed E-state index contributed by atoms with van der Waals surface area (Å²) in [6.07, 6.45) is 0. The molecule has 0 spiro atoms. The molecule has 0 unspecified atom stereocenters. The second-order valence-electron chi connectivity index (χ2n) is 18.1. The Bertz CT molecular complexity index is 3410. The van der Waals surface area contributed by atoms with Gasteiger partial charge in [-0.05, 0) is 146 Å². The lowest BCUT2D eigenvalue weighted by Gasteiger charge is -2.22. The molecule has 0 aliphatic heterocycles. The van der Waals surface area contributed by atoms with Crippen molar-refractivity contribution in [2.45, 2.75) is 38.5 Å². The van der Waals surface area contributed by atoms with Crippen LogP contribution in [-0.4, -0.2) is 0 Å². The highest BCUT2D eigenvalue weighted by molar-refractivity contribution is 6.22. The molecule has 2 aliphatic carbocycles. The van der Waals surface area contributed by atoms with E-state index in [1.54, 1.807) is 0 Å². The normalized spacial score (nSPS) is 14.3. The molecule has 0 heterocycles. The summed E-state index contributed by atoms with van der Waals surface area (Å²) in [7, 11) is 0. The van der Waals surface area contributed by atoms with Gasteiger partial charge in [0.2, 0.25) is 0 Å². The van der Waals surface area contributed by atoms with Gasteiger partial charge in [0.1, 0.15) is 0 Å². The first-order valence-corrected chi connectivity index (χ1v) is 21.3. The predicted octanol–water partition coefficient (Wildman–Crippen LogP) is 16.4. The smallest absolute Gasteiger partial charge is 0.0159 e. The number of fused-ring (bicyclic) bond motifs is 9. The summed E-state index contributed by atoms with van der Waals surface area (Å²) in [5.41, 5.74) is 20.9. The summed E-state index contributed by atoms with van der Waals surface area (Å²) in [4.78, 5) is 0. The molecule has 0 atom stereocenters. The fraction of sp³-hybridized carbons (Fsp3) is 0.100. The zero-order valence-electron chi connectivity index (χ0n) is 34.5. The van der Waals surface area contributed by atoms with Gasteiger partial charge in [0.05, 0.1) is 0 Å². The molecule has 0 fully saturated rings. The number of hydrogen-bond acceptors (Lipinski definition) is 0. The van der Waals surface area contributed by atoms with Crippen LogP contribution in [-0.2, 0) is 10.8 Å². The molecule has 0 saturated carbocycles. The highest BCUT2D eigenvalue weighted by Crippen LogP contribution is 2.52. The highest BCUT2D eigenvalue weighted by Gasteiger charge is 2.36.